The smallest absolute Gasteiger partial charge is 0.333 e. The number of carboxylic acid groups (broad SMARTS) is 1. The molecule has 4 nitrogen and oxygen atoms in total. The van der Waals surface area contributed by atoms with Gasteiger partial charge in [-0.05, 0) is 24.1 Å². The number of hydrogen-bond acceptors (Lipinski definition) is 3. The van der Waals surface area contributed by atoms with Crippen LogP contribution in [0.4, 0.5) is 0 Å². The van der Waals surface area contributed by atoms with Crippen LogP contribution < -0.4 is 0 Å². The highest BCUT2D eigenvalue weighted by Gasteiger charge is 2.18. The molecule has 0 aromatic heterocycles. The van der Waals surface area contributed by atoms with Crippen molar-refractivity contribution < 1.29 is 19.7 Å². The number of aromatic hydroxyl groups is 1. The lowest BCUT2D eigenvalue weighted by Gasteiger charge is -2.13. The van der Waals surface area contributed by atoms with Crippen LogP contribution in [0, 0.1) is 0 Å². The van der Waals surface area contributed by atoms with E-state index in [4.69, 9.17) is 14.9 Å². The number of benzene rings is 1. The predicted octanol–water partition coefficient (Wildman–Crippen LogP) is 2.20. The fraction of sp³-hybridized carbons (Fsp3) is 0.462. The van der Waals surface area contributed by atoms with Crippen LogP contribution in [0.2, 0.25) is 0 Å². The highest BCUT2D eigenvalue weighted by molar-refractivity contribution is 5.72. The Morgan fingerprint density at radius 2 is 2.00 bits per heavy atom. The predicted molar refractivity (Wildman–Crippen MR) is 64.1 cm³/mol. The maximum Gasteiger partial charge on any atom is 0.333 e. The van der Waals surface area contributed by atoms with Crippen LogP contribution >= 0.6 is 0 Å². The molecule has 2 N–H and O–H groups in total. The fourth-order valence-electron chi connectivity index (χ4n) is 1.43. The molecule has 0 aliphatic carbocycles. The fourth-order valence-corrected chi connectivity index (χ4v) is 1.43. The number of unbranched alkanes of at least 4 members (excludes halogenated alkanes) is 1. The van der Waals surface area contributed by atoms with Gasteiger partial charge in [0.1, 0.15) is 5.75 Å². The number of rotatable bonds is 7. The van der Waals surface area contributed by atoms with Gasteiger partial charge in [-0.15, -0.1) is 0 Å². The largest absolute Gasteiger partial charge is 0.508 e. The molecule has 0 aliphatic heterocycles. The third-order valence-electron chi connectivity index (χ3n) is 2.45. The van der Waals surface area contributed by atoms with Crippen molar-refractivity contribution in [2.24, 2.45) is 0 Å². The van der Waals surface area contributed by atoms with E-state index in [2.05, 4.69) is 0 Å². The van der Waals surface area contributed by atoms with Gasteiger partial charge in [-0.1, -0.05) is 25.5 Å². The van der Waals surface area contributed by atoms with E-state index in [1.807, 2.05) is 6.92 Å². The summed E-state index contributed by atoms with van der Waals surface area (Å²) in [5.74, 6) is -0.776. The van der Waals surface area contributed by atoms with Gasteiger partial charge in [0.05, 0.1) is 0 Å². The zero-order valence-corrected chi connectivity index (χ0v) is 9.93. The summed E-state index contributed by atoms with van der Waals surface area (Å²) in [5.41, 5.74) is 0.840. The number of aliphatic carboxylic acids is 1. The SMILES string of the molecule is CCCCO[C@H](Cc1ccc(O)cc1)C(=O)O. The lowest BCUT2D eigenvalue weighted by atomic mass is 10.1. The van der Waals surface area contributed by atoms with E-state index in [0.29, 0.717) is 13.0 Å². The monoisotopic (exact) mass is 238 g/mol. The van der Waals surface area contributed by atoms with E-state index < -0.39 is 12.1 Å². The van der Waals surface area contributed by atoms with E-state index in [9.17, 15) is 4.79 Å². The van der Waals surface area contributed by atoms with Gasteiger partial charge in [-0.25, -0.2) is 4.79 Å². The zero-order chi connectivity index (χ0) is 12.7. The summed E-state index contributed by atoms with van der Waals surface area (Å²) in [4.78, 5) is 11.0. The minimum atomic E-state index is -0.950. The van der Waals surface area contributed by atoms with Gasteiger partial charge in [0, 0.05) is 13.0 Å². The summed E-state index contributed by atoms with van der Waals surface area (Å²) in [6.07, 6.45) is 1.34. The molecule has 17 heavy (non-hydrogen) atoms. The molecule has 0 bridgehead atoms. The Labute approximate surface area is 101 Å². The number of phenolic OH excluding ortho intramolecular Hbond substituents is 1. The number of carboxylic acids is 1. The normalized spacial score (nSPS) is 12.3. The van der Waals surface area contributed by atoms with Gasteiger partial charge < -0.3 is 14.9 Å². The second-order valence-corrected chi connectivity index (χ2v) is 3.92. The maximum absolute atomic E-state index is 11.0. The number of hydrogen-bond donors (Lipinski definition) is 2. The van der Waals surface area contributed by atoms with Gasteiger partial charge in [-0.3, -0.25) is 0 Å². The van der Waals surface area contributed by atoms with Crippen LogP contribution in [0.25, 0.3) is 0 Å². The van der Waals surface area contributed by atoms with Crippen LogP contribution in [0.5, 0.6) is 5.75 Å². The average Bonchev–Trinajstić information content (AvgIpc) is 2.30. The Kier molecular flexibility index (Phi) is 5.49. The second kappa shape index (κ2) is 6.91. The molecule has 1 atom stereocenters. The van der Waals surface area contributed by atoms with Gasteiger partial charge >= 0.3 is 5.97 Å². The highest BCUT2D eigenvalue weighted by Crippen LogP contribution is 2.12. The Morgan fingerprint density at radius 3 is 2.53 bits per heavy atom. The molecule has 0 saturated carbocycles. The number of ether oxygens (including phenoxy) is 1. The molecule has 1 aromatic rings. The topological polar surface area (TPSA) is 66.8 Å². The quantitative estimate of drug-likeness (QED) is 0.715. The first-order valence-electron chi connectivity index (χ1n) is 5.75. The molecule has 1 rings (SSSR count). The molecule has 4 heteroatoms. The summed E-state index contributed by atoms with van der Waals surface area (Å²) in [5, 5.41) is 18.1. The summed E-state index contributed by atoms with van der Waals surface area (Å²) in [6, 6.07) is 6.49. The molecule has 94 valence electrons. The first-order chi connectivity index (χ1) is 8.13. The first-order valence-corrected chi connectivity index (χ1v) is 5.75. The van der Waals surface area contributed by atoms with Crippen LogP contribution in [-0.2, 0) is 16.0 Å². The van der Waals surface area contributed by atoms with Gasteiger partial charge in [-0.2, -0.15) is 0 Å². The summed E-state index contributed by atoms with van der Waals surface area (Å²) < 4.78 is 5.32. The van der Waals surface area contributed by atoms with Crippen molar-refractivity contribution in [2.45, 2.75) is 32.3 Å². The minimum Gasteiger partial charge on any atom is -0.508 e. The van der Waals surface area contributed by atoms with Crippen LogP contribution in [0.1, 0.15) is 25.3 Å². The van der Waals surface area contributed by atoms with E-state index >= 15 is 0 Å². The highest BCUT2D eigenvalue weighted by atomic mass is 16.5. The molecule has 0 radical (unpaired) electrons. The molecular weight excluding hydrogens is 220 g/mol. The lowest BCUT2D eigenvalue weighted by Crippen LogP contribution is -2.26. The average molecular weight is 238 g/mol. The molecule has 1 aromatic carbocycles. The second-order valence-electron chi connectivity index (χ2n) is 3.92. The molecule has 0 saturated heterocycles. The molecule has 0 aliphatic rings. The third kappa shape index (κ3) is 4.87. The number of phenols is 1. The Morgan fingerprint density at radius 1 is 1.35 bits per heavy atom. The maximum atomic E-state index is 11.0. The van der Waals surface area contributed by atoms with Crippen LogP contribution in [0.3, 0.4) is 0 Å². The molecular formula is C13H18O4. The molecule has 0 unspecified atom stereocenters. The van der Waals surface area contributed by atoms with Crippen molar-refractivity contribution >= 4 is 5.97 Å². The van der Waals surface area contributed by atoms with Gasteiger partial charge in [0.15, 0.2) is 6.10 Å². The van der Waals surface area contributed by atoms with Crippen LogP contribution in [-0.4, -0.2) is 28.9 Å². The van der Waals surface area contributed by atoms with E-state index in [-0.39, 0.29) is 5.75 Å². The minimum absolute atomic E-state index is 0.174. The molecule has 0 fully saturated rings. The van der Waals surface area contributed by atoms with E-state index in [1.54, 1.807) is 24.3 Å². The Balaban J connectivity index is 2.54. The number of carbonyl (C=O) groups is 1. The molecule has 0 spiro atoms. The Hall–Kier alpha value is -1.55. The van der Waals surface area contributed by atoms with E-state index in [1.165, 1.54) is 0 Å². The summed E-state index contributed by atoms with van der Waals surface area (Å²) in [6.45, 7) is 2.49. The van der Waals surface area contributed by atoms with Gasteiger partial charge in [0.25, 0.3) is 0 Å². The van der Waals surface area contributed by atoms with Gasteiger partial charge in [0.2, 0.25) is 0 Å². The molecule has 0 amide bonds. The standard InChI is InChI=1S/C13H18O4/c1-2-3-8-17-12(13(15)16)9-10-4-6-11(14)7-5-10/h4-7,12,14H,2-3,8-9H2,1H3,(H,15,16)/t12-/m1/s1. The summed E-state index contributed by atoms with van der Waals surface area (Å²) >= 11 is 0. The lowest BCUT2D eigenvalue weighted by molar-refractivity contribution is -0.150. The third-order valence-corrected chi connectivity index (χ3v) is 2.45. The van der Waals surface area contributed by atoms with Crippen LogP contribution in [0.15, 0.2) is 24.3 Å². The summed E-state index contributed by atoms with van der Waals surface area (Å²) in [7, 11) is 0. The zero-order valence-electron chi connectivity index (χ0n) is 9.93. The first kappa shape index (κ1) is 13.5. The molecule has 0 heterocycles. The Bertz CT molecular complexity index is 345. The van der Waals surface area contributed by atoms with Crippen molar-refractivity contribution in [3.8, 4) is 5.75 Å². The van der Waals surface area contributed by atoms with Crippen molar-refractivity contribution in [1.29, 1.82) is 0 Å². The van der Waals surface area contributed by atoms with Crippen molar-refractivity contribution in [3.05, 3.63) is 29.8 Å². The van der Waals surface area contributed by atoms with Crippen molar-refractivity contribution in [1.82, 2.24) is 0 Å². The van der Waals surface area contributed by atoms with Crippen molar-refractivity contribution in [3.63, 3.8) is 0 Å². The van der Waals surface area contributed by atoms with Crippen molar-refractivity contribution in [2.75, 3.05) is 6.61 Å². The van der Waals surface area contributed by atoms with E-state index in [0.717, 1.165) is 18.4 Å².